The molecule has 0 atom stereocenters. The van der Waals surface area contributed by atoms with Crippen molar-refractivity contribution in [1.29, 1.82) is 0 Å². The number of carbonyl (C=O) groups is 1. The van der Waals surface area contributed by atoms with E-state index in [1.54, 1.807) is 0 Å². The molecule has 1 nitrogen and oxygen atoms in total. The third kappa shape index (κ3) is 2.17. The summed E-state index contributed by atoms with van der Waals surface area (Å²) in [6, 6.07) is 10.5. The lowest BCUT2D eigenvalue weighted by molar-refractivity contribution is 0.112. The summed E-state index contributed by atoms with van der Waals surface area (Å²) in [6.07, 6.45) is 0.969. The van der Waals surface area contributed by atoms with Crippen LogP contribution in [-0.4, -0.2) is 6.29 Å². The molecule has 0 fully saturated rings. The van der Waals surface area contributed by atoms with Gasteiger partial charge in [-0.1, -0.05) is 58.0 Å². The summed E-state index contributed by atoms with van der Waals surface area (Å²) < 4.78 is 0. The van der Waals surface area contributed by atoms with Gasteiger partial charge in [-0.2, -0.15) is 0 Å². The molecule has 18 heavy (non-hydrogen) atoms. The van der Waals surface area contributed by atoms with E-state index in [0.717, 1.165) is 11.8 Å². The van der Waals surface area contributed by atoms with E-state index in [2.05, 4.69) is 45.9 Å². The van der Waals surface area contributed by atoms with Gasteiger partial charge in [0, 0.05) is 5.56 Å². The van der Waals surface area contributed by atoms with Crippen molar-refractivity contribution in [3.63, 3.8) is 0 Å². The highest BCUT2D eigenvalue weighted by Crippen LogP contribution is 2.30. The van der Waals surface area contributed by atoms with Gasteiger partial charge >= 0.3 is 0 Å². The van der Waals surface area contributed by atoms with E-state index in [4.69, 9.17) is 0 Å². The second-order valence-electron chi connectivity index (χ2n) is 5.48. The molecule has 0 aromatic heterocycles. The van der Waals surface area contributed by atoms with Crippen molar-refractivity contribution in [2.24, 2.45) is 0 Å². The van der Waals surface area contributed by atoms with Crippen LogP contribution in [0.2, 0.25) is 0 Å². The quantitative estimate of drug-likeness (QED) is 0.697. The molecule has 0 aliphatic heterocycles. The fourth-order valence-electron chi connectivity index (χ4n) is 2.48. The predicted octanol–water partition coefficient (Wildman–Crippen LogP) is 4.90. The number of carbonyl (C=O) groups excluding carboxylic acids is 1. The van der Waals surface area contributed by atoms with Crippen molar-refractivity contribution in [3.8, 4) is 0 Å². The maximum Gasteiger partial charge on any atom is 0.150 e. The first-order valence-electron chi connectivity index (χ1n) is 6.56. The van der Waals surface area contributed by atoms with Crippen molar-refractivity contribution in [2.45, 2.75) is 39.5 Å². The first kappa shape index (κ1) is 12.8. The molecule has 0 heterocycles. The Morgan fingerprint density at radius 2 is 1.61 bits per heavy atom. The minimum Gasteiger partial charge on any atom is -0.298 e. The largest absolute Gasteiger partial charge is 0.298 e. The molecule has 0 amide bonds. The van der Waals surface area contributed by atoms with E-state index in [-0.39, 0.29) is 0 Å². The van der Waals surface area contributed by atoms with Crippen LogP contribution in [0.5, 0.6) is 0 Å². The van der Waals surface area contributed by atoms with Crippen molar-refractivity contribution in [1.82, 2.24) is 0 Å². The monoisotopic (exact) mass is 240 g/mol. The van der Waals surface area contributed by atoms with Crippen LogP contribution in [0.4, 0.5) is 0 Å². The van der Waals surface area contributed by atoms with E-state index in [1.165, 1.54) is 21.9 Å². The van der Waals surface area contributed by atoms with E-state index in [0.29, 0.717) is 11.8 Å². The van der Waals surface area contributed by atoms with Gasteiger partial charge in [-0.15, -0.1) is 0 Å². The highest BCUT2D eigenvalue weighted by Gasteiger charge is 2.12. The first-order valence-corrected chi connectivity index (χ1v) is 6.56. The second kappa shape index (κ2) is 4.93. The summed E-state index contributed by atoms with van der Waals surface area (Å²) in [5, 5.41) is 2.44. The fourth-order valence-corrected chi connectivity index (χ4v) is 2.48. The maximum absolute atomic E-state index is 11.2. The van der Waals surface area contributed by atoms with Crippen LogP contribution in [0.15, 0.2) is 30.3 Å². The lowest BCUT2D eigenvalue weighted by atomic mass is 9.89. The molecule has 0 radical (unpaired) electrons. The van der Waals surface area contributed by atoms with Gasteiger partial charge in [0.15, 0.2) is 0 Å². The van der Waals surface area contributed by atoms with Crippen molar-refractivity contribution in [3.05, 3.63) is 47.0 Å². The molecule has 0 unspecified atom stereocenters. The number of rotatable bonds is 3. The Balaban J connectivity index is 2.80. The molecule has 0 saturated heterocycles. The lowest BCUT2D eigenvalue weighted by Crippen LogP contribution is -1.98. The molecule has 0 N–H and O–H groups in total. The van der Waals surface area contributed by atoms with Gasteiger partial charge in [0.25, 0.3) is 0 Å². The third-order valence-corrected chi connectivity index (χ3v) is 3.49. The molecule has 0 aliphatic carbocycles. The zero-order valence-corrected chi connectivity index (χ0v) is 11.5. The molecule has 0 bridgehead atoms. The molecule has 2 aromatic rings. The van der Waals surface area contributed by atoms with Crippen molar-refractivity contribution >= 4 is 17.1 Å². The molecule has 0 aliphatic rings. The van der Waals surface area contributed by atoms with Gasteiger partial charge in [0.2, 0.25) is 0 Å². The number of hydrogen-bond acceptors (Lipinski definition) is 1. The highest BCUT2D eigenvalue weighted by atomic mass is 16.1. The van der Waals surface area contributed by atoms with Crippen LogP contribution in [-0.2, 0) is 0 Å². The summed E-state index contributed by atoms with van der Waals surface area (Å²) >= 11 is 0. The fraction of sp³-hybridized carbons (Fsp3) is 0.353. The SMILES string of the molecule is CC(C)c1ccc2ccc(C=O)c(C(C)C)c2c1. The van der Waals surface area contributed by atoms with Crippen molar-refractivity contribution in [2.75, 3.05) is 0 Å². The Morgan fingerprint density at radius 1 is 0.944 bits per heavy atom. The number of hydrogen-bond donors (Lipinski definition) is 0. The maximum atomic E-state index is 11.2. The summed E-state index contributed by atoms with van der Waals surface area (Å²) in [5.41, 5.74) is 3.32. The minimum absolute atomic E-state index is 0.358. The molecule has 2 rings (SSSR count). The normalized spacial score (nSPS) is 11.4. The standard InChI is InChI=1S/C17H20O/c1-11(2)14-7-5-13-6-8-15(10-18)17(12(3)4)16(13)9-14/h5-12H,1-4H3. The number of benzene rings is 2. The number of aldehydes is 1. The smallest absolute Gasteiger partial charge is 0.150 e. The average molecular weight is 240 g/mol. The summed E-state index contributed by atoms with van der Waals surface area (Å²) in [7, 11) is 0. The summed E-state index contributed by atoms with van der Waals surface area (Å²) in [5.74, 6) is 0.866. The molecule has 1 heteroatoms. The zero-order chi connectivity index (χ0) is 13.3. The topological polar surface area (TPSA) is 17.1 Å². The Morgan fingerprint density at radius 3 is 2.17 bits per heavy atom. The van der Waals surface area contributed by atoms with Gasteiger partial charge in [-0.05, 0) is 33.7 Å². The van der Waals surface area contributed by atoms with Gasteiger partial charge in [-0.3, -0.25) is 4.79 Å². The first-order chi connectivity index (χ1) is 8.54. The van der Waals surface area contributed by atoms with Crippen LogP contribution in [0.3, 0.4) is 0 Å². The zero-order valence-electron chi connectivity index (χ0n) is 11.5. The van der Waals surface area contributed by atoms with Crippen LogP contribution in [0.25, 0.3) is 10.8 Å². The summed E-state index contributed by atoms with van der Waals surface area (Å²) in [4.78, 5) is 11.2. The van der Waals surface area contributed by atoms with E-state index >= 15 is 0 Å². The Labute approximate surface area is 109 Å². The molecule has 94 valence electrons. The van der Waals surface area contributed by atoms with E-state index < -0.39 is 0 Å². The van der Waals surface area contributed by atoms with Gasteiger partial charge in [0.05, 0.1) is 0 Å². The average Bonchev–Trinajstić information content (AvgIpc) is 2.36. The van der Waals surface area contributed by atoms with Crippen LogP contribution in [0, 0.1) is 0 Å². The van der Waals surface area contributed by atoms with Crippen LogP contribution in [0.1, 0.15) is 61.0 Å². The molecular formula is C17H20O. The van der Waals surface area contributed by atoms with Gasteiger partial charge in [0.1, 0.15) is 6.29 Å². The van der Waals surface area contributed by atoms with Crippen LogP contribution >= 0.6 is 0 Å². The molecule has 0 saturated carbocycles. The summed E-state index contributed by atoms with van der Waals surface area (Å²) in [6.45, 7) is 8.67. The Hall–Kier alpha value is -1.63. The van der Waals surface area contributed by atoms with Crippen molar-refractivity contribution < 1.29 is 4.79 Å². The second-order valence-corrected chi connectivity index (χ2v) is 5.48. The molecule has 2 aromatic carbocycles. The van der Waals surface area contributed by atoms with E-state index in [9.17, 15) is 4.79 Å². The Bertz CT molecular complexity index is 579. The minimum atomic E-state index is 0.358. The van der Waals surface area contributed by atoms with Gasteiger partial charge < -0.3 is 0 Å². The number of fused-ring (bicyclic) bond motifs is 1. The predicted molar refractivity (Wildman–Crippen MR) is 77.5 cm³/mol. The lowest BCUT2D eigenvalue weighted by Gasteiger charge is -2.15. The Kier molecular flexibility index (Phi) is 3.51. The highest BCUT2D eigenvalue weighted by molar-refractivity contribution is 5.94. The van der Waals surface area contributed by atoms with Gasteiger partial charge in [-0.25, -0.2) is 0 Å². The van der Waals surface area contributed by atoms with E-state index in [1.807, 2.05) is 12.1 Å². The third-order valence-electron chi connectivity index (χ3n) is 3.49. The molecule has 0 spiro atoms. The molecular weight excluding hydrogens is 220 g/mol. The van der Waals surface area contributed by atoms with Crippen LogP contribution < -0.4 is 0 Å².